The van der Waals surface area contributed by atoms with E-state index in [1.165, 1.54) is 40.5 Å². The second kappa shape index (κ2) is 9.46. The van der Waals surface area contributed by atoms with Crippen molar-refractivity contribution in [2.75, 3.05) is 19.6 Å². The topological polar surface area (TPSA) is 33.2 Å². The van der Waals surface area contributed by atoms with Crippen molar-refractivity contribution >= 4 is 32.8 Å². The molecule has 0 amide bonds. The number of carbonyl (C=O) groups excluding carboxylic acids is 1. The highest BCUT2D eigenvalue weighted by Gasteiger charge is 2.30. The van der Waals surface area contributed by atoms with Crippen molar-refractivity contribution in [2.24, 2.45) is 5.92 Å². The summed E-state index contributed by atoms with van der Waals surface area (Å²) in [6, 6.07) is 14.8. The molecule has 1 aromatic carbocycles. The summed E-state index contributed by atoms with van der Waals surface area (Å²) in [5.74, 6) is 0.577. The Labute approximate surface area is 188 Å². The van der Waals surface area contributed by atoms with E-state index in [0.717, 1.165) is 44.6 Å². The minimum absolute atomic E-state index is 0.0749. The first kappa shape index (κ1) is 20.6. The SMILES string of the molecule is O=C(C1CCCCC1)C(CCN1CC=C(c2cccc3ccsc23)C1)c1ccccn1. The summed E-state index contributed by atoms with van der Waals surface area (Å²) < 4.78 is 1.38. The van der Waals surface area contributed by atoms with Crippen molar-refractivity contribution in [3.63, 3.8) is 0 Å². The summed E-state index contributed by atoms with van der Waals surface area (Å²) in [4.78, 5) is 20.5. The molecule has 5 rings (SSSR count). The minimum Gasteiger partial charge on any atom is -0.299 e. The summed E-state index contributed by atoms with van der Waals surface area (Å²) in [6.07, 6.45) is 10.8. The van der Waals surface area contributed by atoms with Gasteiger partial charge in [0.15, 0.2) is 0 Å². The van der Waals surface area contributed by atoms with E-state index in [2.05, 4.69) is 45.6 Å². The maximum atomic E-state index is 13.4. The lowest BCUT2D eigenvalue weighted by molar-refractivity contribution is -0.125. The van der Waals surface area contributed by atoms with Gasteiger partial charge in [0.1, 0.15) is 5.78 Å². The van der Waals surface area contributed by atoms with Crippen LogP contribution in [0, 0.1) is 5.92 Å². The zero-order valence-electron chi connectivity index (χ0n) is 18.0. The Balaban J connectivity index is 1.27. The molecule has 0 spiro atoms. The smallest absolute Gasteiger partial charge is 0.145 e. The molecule has 160 valence electrons. The van der Waals surface area contributed by atoms with Gasteiger partial charge < -0.3 is 0 Å². The van der Waals surface area contributed by atoms with Gasteiger partial charge in [-0.25, -0.2) is 0 Å². The van der Waals surface area contributed by atoms with Gasteiger partial charge in [0.25, 0.3) is 0 Å². The number of pyridine rings is 1. The second-order valence-corrected chi connectivity index (χ2v) is 9.86. The molecule has 2 aliphatic rings. The van der Waals surface area contributed by atoms with Crippen LogP contribution in [0.25, 0.3) is 15.7 Å². The average Bonchev–Trinajstić information content (AvgIpc) is 3.50. The predicted molar refractivity (Wildman–Crippen MR) is 129 cm³/mol. The molecule has 1 fully saturated rings. The molecule has 4 heteroatoms. The molecule has 2 aromatic heterocycles. The van der Waals surface area contributed by atoms with Gasteiger partial charge in [-0.1, -0.05) is 49.6 Å². The van der Waals surface area contributed by atoms with Gasteiger partial charge in [0.2, 0.25) is 0 Å². The highest BCUT2D eigenvalue weighted by atomic mass is 32.1. The van der Waals surface area contributed by atoms with Gasteiger partial charge in [0, 0.05) is 29.9 Å². The molecule has 3 aromatic rings. The molecule has 0 bridgehead atoms. The number of Topliss-reactive ketones (excluding diaryl/α,β-unsaturated/α-hetero) is 1. The fraction of sp³-hybridized carbons (Fsp3) is 0.407. The predicted octanol–water partition coefficient (Wildman–Crippen LogP) is 6.32. The van der Waals surface area contributed by atoms with Crippen molar-refractivity contribution in [3.8, 4) is 0 Å². The van der Waals surface area contributed by atoms with E-state index in [1.54, 1.807) is 0 Å². The lowest BCUT2D eigenvalue weighted by Gasteiger charge is -2.26. The summed E-state index contributed by atoms with van der Waals surface area (Å²) in [6.45, 7) is 2.85. The summed E-state index contributed by atoms with van der Waals surface area (Å²) in [5, 5.41) is 3.51. The third-order valence-corrected chi connectivity index (χ3v) is 7.91. The Morgan fingerprint density at radius 3 is 2.84 bits per heavy atom. The lowest BCUT2D eigenvalue weighted by atomic mass is 9.79. The molecule has 3 nitrogen and oxygen atoms in total. The third kappa shape index (κ3) is 4.51. The van der Waals surface area contributed by atoms with Crippen LogP contribution in [0.3, 0.4) is 0 Å². The Kier molecular flexibility index (Phi) is 6.28. The molecule has 1 saturated carbocycles. The number of benzene rings is 1. The maximum Gasteiger partial charge on any atom is 0.145 e. The standard InChI is InChI=1S/C27H30N2OS/c30-26(20-7-2-1-3-8-20)24(25-11-4-5-15-28-25)13-17-29-16-12-22(19-29)23-10-6-9-21-14-18-31-27(21)23/h4-6,9-12,14-15,18,20,24H,1-3,7-8,13,16-17,19H2. The highest BCUT2D eigenvalue weighted by Crippen LogP contribution is 2.34. The molecule has 0 N–H and O–H groups in total. The van der Waals surface area contributed by atoms with Crippen LogP contribution in [-0.4, -0.2) is 35.3 Å². The molecule has 0 radical (unpaired) electrons. The number of ketones is 1. The quantitative estimate of drug-likeness (QED) is 0.440. The van der Waals surface area contributed by atoms with Gasteiger partial charge in [-0.2, -0.15) is 0 Å². The van der Waals surface area contributed by atoms with E-state index in [0.29, 0.717) is 5.78 Å². The fourth-order valence-electron chi connectivity index (χ4n) is 5.22. The summed E-state index contributed by atoms with van der Waals surface area (Å²) >= 11 is 1.82. The number of carbonyl (C=O) groups is 1. The number of rotatable bonds is 7. The van der Waals surface area contributed by atoms with E-state index >= 15 is 0 Å². The molecule has 1 atom stereocenters. The van der Waals surface area contributed by atoms with Gasteiger partial charge in [-0.05, 0) is 65.9 Å². The van der Waals surface area contributed by atoms with Crippen molar-refractivity contribution in [1.29, 1.82) is 0 Å². The van der Waals surface area contributed by atoms with E-state index in [-0.39, 0.29) is 11.8 Å². The first-order chi connectivity index (χ1) is 15.3. The average molecular weight is 431 g/mol. The van der Waals surface area contributed by atoms with Crippen LogP contribution in [-0.2, 0) is 4.79 Å². The third-order valence-electron chi connectivity index (χ3n) is 6.94. The van der Waals surface area contributed by atoms with Gasteiger partial charge in [-0.3, -0.25) is 14.7 Å². The molecule has 1 aliphatic heterocycles. The zero-order valence-corrected chi connectivity index (χ0v) is 18.8. The first-order valence-corrected chi connectivity index (χ1v) is 12.5. The zero-order chi connectivity index (χ0) is 21.0. The largest absolute Gasteiger partial charge is 0.299 e. The van der Waals surface area contributed by atoms with Crippen LogP contribution >= 0.6 is 11.3 Å². The number of fused-ring (bicyclic) bond motifs is 1. The van der Waals surface area contributed by atoms with Crippen LogP contribution in [0.1, 0.15) is 55.7 Å². The molecule has 3 heterocycles. The maximum absolute atomic E-state index is 13.4. The van der Waals surface area contributed by atoms with E-state index < -0.39 is 0 Å². The Bertz CT molecular complexity index is 1070. The second-order valence-electron chi connectivity index (χ2n) is 8.94. The van der Waals surface area contributed by atoms with Gasteiger partial charge in [-0.15, -0.1) is 11.3 Å². The van der Waals surface area contributed by atoms with E-state index in [4.69, 9.17) is 0 Å². The van der Waals surface area contributed by atoms with Gasteiger partial charge in [0.05, 0.1) is 11.6 Å². The van der Waals surface area contributed by atoms with Gasteiger partial charge >= 0.3 is 0 Å². The monoisotopic (exact) mass is 430 g/mol. The van der Waals surface area contributed by atoms with E-state index in [9.17, 15) is 4.79 Å². The van der Waals surface area contributed by atoms with Crippen LogP contribution in [0.2, 0.25) is 0 Å². The van der Waals surface area contributed by atoms with Crippen molar-refractivity contribution < 1.29 is 4.79 Å². The minimum atomic E-state index is -0.0749. The van der Waals surface area contributed by atoms with Crippen LogP contribution in [0.15, 0.2) is 60.1 Å². The molecule has 1 aliphatic carbocycles. The summed E-state index contributed by atoms with van der Waals surface area (Å²) in [5.41, 5.74) is 3.74. The van der Waals surface area contributed by atoms with Crippen LogP contribution < -0.4 is 0 Å². The highest BCUT2D eigenvalue weighted by molar-refractivity contribution is 7.17. The number of hydrogen-bond donors (Lipinski definition) is 0. The van der Waals surface area contributed by atoms with E-state index in [1.807, 2.05) is 35.7 Å². The van der Waals surface area contributed by atoms with Crippen molar-refractivity contribution in [3.05, 3.63) is 71.4 Å². The molecule has 1 unspecified atom stereocenters. The number of hydrogen-bond acceptors (Lipinski definition) is 4. The van der Waals surface area contributed by atoms with Crippen molar-refractivity contribution in [2.45, 2.75) is 44.4 Å². The molecule has 31 heavy (non-hydrogen) atoms. The fourth-order valence-corrected chi connectivity index (χ4v) is 6.17. The normalized spacial score (nSPS) is 18.9. The Morgan fingerprint density at radius 2 is 2.00 bits per heavy atom. The van der Waals surface area contributed by atoms with Crippen LogP contribution in [0.4, 0.5) is 0 Å². The van der Waals surface area contributed by atoms with Crippen LogP contribution in [0.5, 0.6) is 0 Å². The van der Waals surface area contributed by atoms with Crippen molar-refractivity contribution in [1.82, 2.24) is 9.88 Å². The number of aromatic nitrogens is 1. The molecular weight excluding hydrogens is 400 g/mol. The lowest BCUT2D eigenvalue weighted by Crippen LogP contribution is -2.29. The Hall–Kier alpha value is -2.30. The summed E-state index contributed by atoms with van der Waals surface area (Å²) in [7, 11) is 0. The number of thiophene rings is 1. The molecular formula is C27H30N2OS. The first-order valence-electron chi connectivity index (χ1n) is 11.6. The number of nitrogens with zero attached hydrogens (tertiary/aromatic N) is 2. The molecule has 0 saturated heterocycles. The Morgan fingerprint density at radius 1 is 1.10 bits per heavy atom.